The standard InChI is InChI=1S/C20H24BN3O6.2C2H6/c1-27-7-9-29-18-11-16-17(12-19(18)30-10-8-28-2)22-13-23-20(16)24-15-5-3-14(4-6-15)21(25)26;2*1-2/h3-6,11-13,25-26H,7-10H2,1-2H3,(H,22,23,24);2*1-2H3. The number of hydrogen-bond donors (Lipinski definition) is 3. The van der Waals surface area contributed by atoms with Crippen LogP contribution in [0.4, 0.5) is 11.5 Å². The van der Waals surface area contributed by atoms with Gasteiger partial charge in [-0.2, -0.15) is 0 Å². The number of nitrogens with zero attached hydrogens (tertiary/aromatic N) is 2. The van der Waals surface area contributed by atoms with Crippen molar-refractivity contribution in [1.82, 2.24) is 9.97 Å². The molecule has 0 radical (unpaired) electrons. The Labute approximate surface area is 202 Å². The summed E-state index contributed by atoms with van der Waals surface area (Å²) in [7, 11) is 1.71. The molecule has 34 heavy (non-hydrogen) atoms. The lowest BCUT2D eigenvalue weighted by Gasteiger charge is -2.15. The second-order valence-electron chi connectivity index (χ2n) is 6.34. The molecule has 0 unspecified atom stereocenters. The van der Waals surface area contributed by atoms with Gasteiger partial charge >= 0.3 is 7.12 Å². The molecule has 10 heteroatoms. The predicted molar refractivity (Wildman–Crippen MR) is 137 cm³/mol. The zero-order valence-electron chi connectivity index (χ0n) is 20.9. The van der Waals surface area contributed by atoms with Crippen LogP contribution < -0.4 is 20.3 Å². The third-order valence-corrected chi connectivity index (χ3v) is 4.26. The van der Waals surface area contributed by atoms with E-state index in [-0.39, 0.29) is 0 Å². The highest BCUT2D eigenvalue weighted by Crippen LogP contribution is 2.35. The van der Waals surface area contributed by atoms with E-state index < -0.39 is 7.12 Å². The zero-order valence-corrected chi connectivity index (χ0v) is 20.9. The molecule has 3 rings (SSSR count). The molecule has 2 aromatic carbocycles. The van der Waals surface area contributed by atoms with Crippen LogP contribution in [-0.2, 0) is 9.47 Å². The molecule has 0 aliphatic rings. The van der Waals surface area contributed by atoms with Gasteiger partial charge in [-0.1, -0.05) is 39.8 Å². The Kier molecular flexibility index (Phi) is 14.3. The lowest BCUT2D eigenvalue weighted by atomic mass is 9.80. The molecule has 3 N–H and O–H groups in total. The van der Waals surface area contributed by atoms with E-state index in [2.05, 4.69) is 15.3 Å². The minimum Gasteiger partial charge on any atom is -0.487 e. The Hall–Kier alpha value is -2.92. The van der Waals surface area contributed by atoms with Gasteiger partial charge in [0, 0.05) is 31.4 Å². The molecule has 0 saturated heterocycles. The van der Waals surface area contributed by atoms with Crippen LogP contribution in [-0.4, -0.2) is 67.8 Å². The molecule has 0 atom stereocenters. The number of methoxy groups -OCH3 is 2. The van der Waals surface area contributed by atoms with Crippen molar-refractivity contribution < 1.29 is 29.0 Å². The first-order valence-electron chi connectivity index (χ1n) is 11.4. The molecule has 0 fully saturated rings. The van der Waals surface area contributed by atoms with E-state index in [1.54, 1.807) is 44.6 Å². The van der Waals surface area contributed by atoms with Gasteiger partial charge < -0.3 is 34.3 Å². The average Bonchev–Trinajstić information content (AvgIpc) is 2.87. The molecule has 0 saturated carbocycles. The molecule has 9 nitrogen and oxygen atoms in total. The minimum absolute atomic E-state index is 0.365. The summed E-state index contributed by atoms with van der Waals surface area (Å²) in [6.07, 6.45) is 1.46. The Morgan fingerprint density at radius 3 is 1.88 bits per heavy atom. The Morgan fingerprint density at radius 1 is 0.794 bits per heavy atom. The number of hydrogen-bond acceptors (Lipinski definition) is 9. The van der Waals surface area contributed by atoms with Crippen LogP contribution in [0.5, 0.6) is 11.5 Å². The van der Waals surface area contributed by atoms with Crippen LogP contribution >= 0.6 is 0 Å². The highest BCUT2D eigenvalue weighted by atomic mass is 16.5. The molecule has 1 heterocycles. The van der Waals surface area contributed by atoms with E-state index in [9.17, 15) is 10.0 Å². The van der Waals surface area contributed by atoms with Crippen molar-refractivity contribution in [3.63, 3.8) is 0 Å². The molecule has 0 aliphatic heterocycles. The van der Waals surface area contributed by atoms with E-state index >= 15 is 0 Å². The predicted octanol–water partition coefficient (Wildman–Crippen LogP) is 3.16. The van der Waals surface area contributed by atoms with Gasteiger partial charge in [0.25, 0.3) is 0 Å². The molecule has 0 aliphatic carbocycles. The van der Waals surface area contributed by atoms with Gasteiger partial charge in [0.1, 0.15) is 25.4 Å². The van der Waals surface area contributed by atoms with E-state index in [1.165, 1.54) is 6.33 Å². The second kappa shape index (κ2) is 16.7. The monoisotopic (exact) mass is 473 g/mol. The molecule has 3 aromatic rings. The summed E-state index contributed by atoms with van der Waals surface area (Å²) < 4.78 is 21.7. The number of fused-ring (bicyclic) bond motifs is 1. The van der Waals surface area contributed by atoms with Gasteiger partial charge in [-0.25, -0.2) is 9.97 Å². The third kappa shape index (κ3) is 8.79. The van der Waals surface area contributed by atoms with E-state index in [4.69, 9.17) is 18.9 Å². The molecule has 186 valence electrons. The maximum atomic E-state index is 9.24. The normalized spacial score (nSPS) is 9.88. The molecule has 0 bridgehead atoms. The van der Waals surface area contributed by atoms with Crippen molar-refractivity contribution in [2.75, 3.05) is 46.0 Å². The summed E-state index contributed by atoms with van der Waals surface area (Å²) >= 11 is 0. The Bertz CT molecular complexity index is 957. The Balaban J connectivity index is 0.00000137. The lowest BCUT2D eigenvalue weighted by molar-refractivity contribution is 0.132. The fourth-order valence-corrected chi connectivity index (χ4v) is 2.73. The van der Waals surface area contributed by atoms with E-state index in [0.29, 0.717) is 54.7 Å². The average molecular weight is 473 g/mol. The third-order valence-electron chi connectivity index (χ3n) is 4.26. The van der Waals surface area contributed by atoms with Gasteiger partial charge in [0.2, 0.25) is 0 Å². The molecular weight excluding hydrogens is 437 g/mol. The van der Waals surface area contributed by atoms with Crippen LogP contribution in [0.15, 0.2) is 42.7 Å². The van der Waals surface area contributed by atoms with E-state index in [1.807, 2.05) is 33.8 Å². The lowest BCUT2D eigenvalue weighted by Crippen LogP contribution is -2.29. The Morgan fingerprint density at radius 2 is 1.35 bits per heavy atom. The van der Waals surface area contributed by atoms with Gasteiger partial charge in [0.15, 0.2) is 11.5 Å². The van der Waals surface area contributed by atoms with Crippen LogP contribution in [0.3, 0.4) is 0 Å². The summed E-state index contributed by atoms with van der Waals surface area (Å²) in [5.74, 6) is 1.69. The second-order valence-corrected chi connectivity index (χ2v) is 6.34. The van der Waals surface area contributed by atoms with Crippen molar-refractivity contribution >= 4 is 35.0 Å². The van der Waals surface area contributed by atoms with Gasteiger partial charge in [-0.15, -0.1) is 0 Å². The summed E-state index contributed by atoms with van der Waals surface area (Å²) in [4.78, 5) is 8.68. The molecule has 0 spiro atoms. The molecule has 0 amide bonds. The fourth-order valence-electron chi connectivity index (χ4n) is 2.73. The zero-order chi connectivity index (χ0) is 25.3. The molecular formula is C24H36BN3O6. The van der Waals surface area contributed by atoms with Crippen LogP contribution in [0.2, 0.25) is 0 Å². The van der Waals surface area contributed by atoms with Gasteiger partial charge in [-0.3, -0.25) is 0 Å². The highest BCUT2D eigenvalue weighted by molar-refractivity contribution is 6.58. The maximum absolute atomic E-state index is 9.24. The van der Waals surface area contributed by atoms with E-state index in [0.717, 1.165) is 11.1 Å². The van der Waals surface area contributed by atoms with Gasteiger partial charge in [-0.05, 0) is 23.7 Å². The number of ether oxygens (including phenoxy) is 4. The first kappa shape index (κ1) is 29.1. The quantitative estimate of drug-likeness (QED) is 0.285. The smallest absolute Gasteiger partial charge is 0.487 e. The topological polar surface area (TPSA) is 115 Å². The SMILES string of the molecule is CC.CC.COCCOc1cc2ncnc(Nc3ccc(B(O)O)cc3)c2cc1OCCOC. The van der Waals surface area contributed by atoms with Crippen molar-refractivity contribution in [3.05, 3.63) is 42.7 Å². The fraction of sp³-hybridized carbons (Fsp3) is 0.417. The summed E-state index contributed by atoms with van der Waals surface area (Å²) in [5.41, 5.74) is 1.82. The number of rotatable bonds is 11. The van der Waals surface area contributed by atoms with Crippen LogP contribution in [0.25, 0.3) is 10.9 Å². The van der Waals surface area contributed by atoms with Crippen molar-refractivity contribution in [3.8, 4) is 11.5 Å². The number of aromatic nitrogens is 2. The molecule has 1 aromatic heterocycles. The number of benzene rings is 2. The summed E-state index contributed by atoms with van der Waals surface area (Å²) in [6.45, 7) is 9.63. The van der Waals surface area contributed by atoms with Gasteiger partial charge in [0.05, 0.1) is 18.7 Å². The van der Waals surface area contributed by atoms with Crippen LogP contribution in [0.1, 0.15) is 27.7 Å². The van der Waals surface area contributed by atoms with Crippen molar-refractivity contribution in [2.24, 2.45) is 0 Å². The largest absolute Gasteiger partial charge is 0.488 e. The maximum Gasteiger partial charge on any atom is 0.488 e. The summed E-state index contributed by atoms with van der Waals surface area (Å²) in [5, 5.41) is 22.5. The van der Waals surface area contributed by atoms with Crippen LogP contribution in [0, 0.1) is 0 Å². The first-order chi connectivity index (χ1) is 16.6. The first-order valence-corrected chi connectivity index (χ1v) is 11.4. The van der Waals surface area contributed by atoms with Crippen molar-refractivity contribution in [2.45, 2.75) is 27.7 Å². The van der Waals surface area contributed by atoms with Crippen molar-refractivity contribution in [1.29, 1.82) is 0 Å². The number of nitrogens with one attached hydrogen (secondary N) is 1. The minimum atomic E-state index is -1.51. The highest BCUT2D eigenvalue weighted by Gasteiger charge is 2.14. The summed E-state index contributed by atoms with van der Waals surface area (Å²) in [6, 6.07) is 10.3. The number of anilines is 2.